The third-order valence-corrected chi connectivity index (χ3v) is 4.46. The maximum absolute atomic E-state index is 12.1. The average Bonchev–Trinajstić information content (AvgIpc) is 2.69. The van der Waals surface area contributed by atoms with Crippen molar-refractivity contribution in [2.45, 2.75) is 6.54 Å². The van der Waals surface area contributed by atoms with Crippen LogP contribution >= 0.6 is 11.6 Å². The molecule has 1 amide bonds. The molecule has 0 radical (unpaired) electrons. The van der Waals surface area contributed by atoms with Crippen LogP contribution in [0.1, 0.15) is 11.1 Å². The van der Waals surface area contributed by atoms with Gasteiger partial charge < -0.3 is 14.8 Å². The van der Waals surface area contributed by atoms with Gasteiger partial charge >= 0.3 is 0 Å². The molecular formula is C20H20ClN3O3. The van der Waals surface area contributed by atoms with E-state index in [2.05, 4.69) is 10.2 Å². The predicted octanol–water partition coefficient (Wildman–Crippen LogP) is 3.06. The fourth-order valence-corrected chi connectivity index (χ4v) is 2.97. The van der Waals surface area contributed by atoms with E-state index in [9.17, 15) is 4.79 Å². The number of halogens is 1. The predicted molar refractivity (Wildman–Crippen MR) is 103 cm³/mol. The largest absolute Gasteiger partial charge is 0.482 e. The number of amides is 1. The number of carbonyl (C=O) groups is 1. The van der Waals surface area contributed by atoms with Crippen molar-refractivity contribution in [2.75, 3.05) is 38.2 Å². The lowest BCUT2D eigenvalue weighted by atomic mass is 10.2. The summed E-state index contributed by atoms with van der Waals surface area (Å²) in [6, 6.07) is 14.4. The van der Waals surface area contributed by atoms with Crippen LogP contribution in [0.25, 0.3) is 0 Å². The van der Waals surface area contributed by atoms with Crippen LogP contribution in [0.15, 0.2) is 42.5 Å². The number of ether oxygens (including phenoxy) is 2. The van der Waals surface area contributed by atoms with Gasteiger partial charge in [0.25, 0.3) is 5.91 Å². The number of rotatable bonds is 6. The Hall–Kier alpha value is -2.59. The Bertz CT molecular complexity index is 827. The second-order valence-electron chi connectivity index (χ2n) is 6.18. The number of carbonyl (C=O) groups excluding carboxylic acids is 1. The maximum atomic E-state index is 12.1. The minimum Gasteiger partial charge on any atom is -0.482 e. The van der Waals surface area contributed by atoms with Crippen molar-refractivity contribution in [3.8, 4) is 11.8 Å². The number of nitrogens with zero attached hydrogens (tertiary/aromatic N) is 2. The first kappa shape index (κ1) is 19.2. The summed E-state index contributed by atoms with van der Waals surface area (Å²) in [6.45, 7) is 4.13. The Labute approximate surface area is 163 Å². The summed E-state index contributed by atoms with van der Waals surface area (Å²) in [7, 11) is 0. The Morgan fingerprint density at radius 3 is 2.63 bits per heavy atom. The molecule has 2 aromatic carbocycles. The van der Waals surface area contributed by atoms with Crippen molar-refractivity contribution < 1.29 is 14.3 Å². The fraction of sp³-hybridized carbons (Fsp3) is 0.300. The Kier molecular flexibility index (Phi) is 6.66. The van der Waals surface area contributed by atoms with Crippen LogP contribution in [0.5, 0.6) is 5.75 Å². The molecule has 0 atom stereocenters. The normalized spacial score (nSPS) is 14.4. The van der Waals surface area contributed by atoms with Gasteiger partial charge in [-0.2, -0.15) is 5.26 Å². The van der Waals surface area contributed by atoms with Gasteiger partial charge in [0.1, 0.15) is 5.75 Å². The highest BCUT2D eigenvalue weighted by Gasteiger charge is 2.11. The lowest BCUT2D eigenvalue weighted by molar-refractivity contribution is -0.118. The molecule has 1 heterocycles. The topological polar surface area (TPSA) is 74.6 Å². The maximum Gasteiger partial charge on any atom is 0.262 e. The van der Waals surface area contributed by atoms with Crippen LogP contribution < -0.4 is 10.1 Å². The molecule has 3 rings (SSSR count). The Balaban J connectivity index is 1.48. The summed E-state index contributed by atoms with van der Waals surface area (Å²) in [6.07, 6.45) is 0. The highest BCUT2D eigenvalue weighted by atomic mass is 35.5. The van der Waals surface area contributed by atoms with Crippen LogP contribution in [-0.4, -0.2) is 43.7 Å². The lowest BCUT2D eigenvalue weighted by Crippen LogP contribution is -2.35. The molecule has 2 aromatic rings. The molecule has 0 aromatic heterocycles. The highest BCUT2D eigenvalue weighted by Crippen LogP contribution is 2.25. The number of hydrogen-bond acceptors (Lipinski definition) is 5. The van der Waals surface area contributed by atoms with Gasteiger partial charge in [0.2, 0.25) is 0 Å². The molecule has 1 aliphatic rings. The molecule has 0 aliphatic carbocycles. The minimum absolute atomic E-state index is 0.166. The van der Waals surface area contributed by atoms with E-state index < -0.39 is 0 Å². The third kappa shape index (κ3) is 5.69. The quantitative estimate of drug-likeness (QED) is 0.827. The Morgan fingerprint density at radius 2 is 1.96 bits per heavy atom. The zero-order valence-corrected chi connectivity index (χ0v) is 15.5. The van der Waals surface area contributed by atoms with Crippen molar-refractivity contribution >= 4 is 23.2 Å². The first-order valence-corrected chi connectivity index (χ1v) is 9.03. The van der Waals surface area contributed by atoms with E-state index in [0.717, 1.165) is 32.8 Å². The van der Waals surface area contributed by atoms with Gasteiger partial charge in [-0.15, -0.1) is 0 Å². The summed E-state index contributed by atoms with van der Waals surface area (Å²) in [4.78, 5) is 14.4. The van der Waals surface area contributed by atoms with Crippen molar-refractivity contribution in [1.29, 1.82) is 5.26 Å². The molecule has 1 N–H and O–H groups in total. The molecule has 1 fully saturated rings. The standard InChI is InChI=1S/C20H20ClN3O3/c21-18-11-16(12-22)3-6-19(18)27-14-20(25)23-17-4-1-15(2-5-17)13-24-7-9-26-10-8-24/h1-6,11H,7-10,13-14H2,(H,23,25). The fourth-order valence-electron chi connectivity index (χ4n) is 2.74. The van der Waals surface area contributed by atoms with E-state index in [1.807, 2.05) is 30.3 Å². The van der Waals surface area contributed by atoms with E-state index in [-0.39, 0.29) is 12.5 Å². The molecule has 6 nitrogen and oxygen atoms in total. The number of nitriles is 1. The summed E-state index contributed by atoms with van der Waals surface area (Å²) < 4.78 is 10.8. The second kappa shape index (κ2) is 9.38. The van der Waals surface area contributed by atoms with Crippen LogP contribution in [0.2, 0.25) is 5.02 Å². The van der Waals surface area contributed by atoms with Crippen LogP contribution in [0.4, 0.5) is 5.69 Å². The van der Waals surface area contributed by atoms with Gasteiger partial charge in [0.15, 0.2) is 6.61 Å². The van der Waals surface area contributed by atoms with Gasteiger partial charge in [-0.05, 0) is 35.9 Å². The monoisotopic (exact) mass is 385 g/mol. The third-order valence-electron chi connectivity index (χ3n) is 4.17. The number of anilines is 1. The summed E-state index contributed by atoms with van der Waals surface area (Å²) >= 11 is 6.03. The van der Waals surface area contributed by atoms with E-state index in [4.69, 9.17) is 26.3 Å². The van der Waals surface area contributed by atoms with Crippen LogP contribution in [0, 0.1) is 11.3 Å². The number of hydrogen-bond donors (Lipinski definition) is 1. The van der Waals surface area contributed by atoms with Gasteiger partial charge in [-0.25, -0.2) is 0 Å². The molecule has 0 unspecified atom stereocenters. The molecule has 27 heavy (non-hydrogen) atoms. The molecule has 0 bridgehead atoms. The van der Waals surface area contributed by atoms with Crippen molar-refractivity contribution in [1.82, 2.24) is 4.90 Å². The molecule has 7 heteroatoms. The van der Waals surface area contributed by atoms with Crippen LogP contribution in [-0.2, 0) is 16.1 Å². The molecule has 0 spiro atoms. The summed E-state index contributed by atoms with van der Waals surface area (Å²) in [5.41, 5.74) is 2.34. The van der Waals surface area contributed by atoms with Gasteiger partial charge in [-0.1, -0.05) is 23.7 Å². The molecular weight excluding hydrogens is 366 g/mol. The molecule has 0 saturated carbocycles. The Morgan fingerprint density at radius 1 is 1.22 bits per heavy atom. The summed E-state index contributed by atoms with van der Waals surface area (Å²) in [5, 5.41) is 11.9. The number of benzene rings is 2. The number of nitrogens with one attached hydrogen (secondary N) is 1. The van der Waals surface area contributed by atoms with E-state index in [1.165, 1.54) is 11.6 Å². The van der Waals surface area contributed by atoms with Gasteiger partial charge in [-0.3, -0.25) is 9.69 Å². The zero-order chi connectivity index (χ0) is 19.1. The van der Waals surface area contributed by atoms with E-state index in [0.29, 0.717) is 22.0 Å². The first-order valence-electron chi connectivity index (χ1n) is 8.65. The summed E-state index contributed by atoms with van der Waals surface area (Å²) in [5.74, 6) is 0.0861. The number of morpholine rings is 1. The SMILES string of the molecule is N#Cc1ccc(OCC(=O)Nc2ccc(CN3CCOCC3)cc2)c(Cl)c1. The second-order valence-corrected chi connectivity index (χ2v) is 6.59. The van der Waals surface area contributed by atoms with Crippen molar-refractivity contribution in [3.05, 3.63) is 58.6 Å². The van der Waals surface area contributed by atoms with E-state index in [1.54, 1.807) is 12.1 Å². The van der Waals surface area contributed by atoms with Gasteiger partial charge in [0, 0.05) is 25.3 Å². The molecule has 140 valence electrons. The van der Waals surface area contributed by atoms with Crippen molar-refractivity contribution in [3.63, 3.8) is 0 Å². The van der Waals surface area contributed by atoms with E-state index >= 15 is 0 Å². The molecule has 1 aliphatic heterocycles. The first-order chi connectivity index (χ1) is 13.1. The van der Waals surface area contributed by atoms with Crippen molar-refractivity contribution in [2.24, 2.45) is 0 Å². The van der Waals surface area contributed by atoms with Crippen LogP contribution in [0.3, 0.4) is 0 Å². The molecule has 1 saturated heterocycles. The highest BCUT2D eigenvalue weighted by molar-refractivity contribution is 6.32. The average molecular weight is 386 g/mol. The smallest absolute Gasteiger partial charge is 0.262 e. The lowest BCUT2D eigenvalue weighted by Gasteiger charge is -2.26. The minimum atomic E-state index is -0.281. The zero-order valence-electron chi connectivity index (χ0n) is 14.8. The van der Waals surface area contributed by atoms with Gasteiger partial charge in [0.05, 0.1) is 29.9 Å².